The third-order valence-electron chi connectivity index (χ3n) is 3.30. The van der Waals surface area contributed by atoms with Gasteiger partial charge in [-0.3, -0.25) is 4.79 Å². The summed E-state index contributed by atoms with van der Waals surface area (Å²) in [6.45, 7) is 1.26. The molecule has 0 saturated heterocycles. The third kappa shape index (κ3) is 4.21. The summed E-state index contributed by atoms with van der Waals surface area (Å²) in [4.78, 5) is 13.3. The van der Waals surface area contributed by atoms with Crippen molar-refractivity contribution in [1.29, 1.82) is 0 Å². The van der Waals surface area contributed by atoms with Crippen molar-refractivity contribution in [2.75, 3.05) is 25.5 Å². The fraction of sp³-hybridized carbons (Fsp3) is 0.500. The van der Waals surface area contributed by atoms with Crippen LogP contribution in [0.25, 0.3) is 0 Å². The van der Waals surface area contributed by atoms with E-state index in [4.69, 9.17) is 0 Å². The minimum Gasteiger partial charge on any atom is -0.365 e. The van der Waals surface area contributed by atoms with Gasteiger partial charge < -0.3 is 15.5 Å². The summed E-state index contributed by atoms with van der Waals surface area (Å²) in [5, 5.41) is 6.13. The van der Waals surface area contributed by atoms with Crippen molar-refractivity contribution in [3.05, 3.63) is 28.2 Å². The van der Waals surface area contributed by atoms with Crippen LogP contribution < -0.4 is 15.5 Å². The zero-order valence-corrected chi connectivity index (χ0v) is 13.0. The van der Waals surface area contributed by atoms with Gasteiger partial charge in [-0.25, -0.2) is 0 Å². The summed E-state index contributed by atoms with van der Waals surface area (Å²) in [5.41, 5.74) is 2.29. The Bertz CT molecular complexity index is 460. The molecule has 1 saturated carbocycles. The van der Waals surface area contributed by atoms with Gasteiger partial charge in [0.2, 0.25) is 5.91 Å². The quantitative estimate of drug-likeness (QED) is 0.839. The molecule has 0 heterocycles. The first-order valence-corrected chi connectivity index (χ1v) is 7.33. The molecule has 0 aliphatic heterocycles. The van der Waals surface area contributed by atoms with Crippen molar-refractivity contribution in [3.63, 3.8) is 0 Å². The second-order valence-corrected chi connectivity index (χ2v) is 5.81. The van der Waals surface area contributed by atoms with E-state index in [1.807, 2.05) is 11.9 Å². The van der Waals surface area contributed by atoms with E-state index in [2.05, 4.69) is 44.8 Å². The number of hydrogen-bond acceptors (Lipinski definition) is 3. The highest BCUT2D eigenvalue weighted by atomic mass is 79.9. The van der Waals surface area contributed by atoms with Crippen LogP contribution in [0.3, 0.4) is 0 Å². The molecule has 5 heteroatoms. The molecule has 104 valence electrons. The monoisotopic (exact) mass is 325 g/mol. The molecular formula is C14H20BrN3O. The lowest BCUT2D eigenvalue weighted by atomic mass is 10.2. The van der Waals surface area contributed by atoms with E-state index >= 15 is 0 Å². The fourth-order valence-electron chi connectivity index (χ4n) is 1.84. The van der Waals surface area contributed by atoms with Gasteiger partial charge in [0.1, 0.15) is 0 Å². The molecule has 1 aromatic carbocycles. The predicted molar refractivity (Wildman–Crippen MR) is 81.3 cm³/mol. The summed E-state index contributed by atoms with van der Waals surface area (Å²) in [6, 6.07) is 6.93. The van der Waals surface area contributed by atoms with Crippen molar-refractivity contribution in [2.45, 2.75) is 25.4 Å². The molecule has 1 fully saturated rings. The Morgan fingerprint density at radius 3 is 2.79 bits per heavy atom. The highest BCUT2D eigenvalue weighted by Crippen LogP contribution is 2.25. The highest BCUT2D eigenvalue weighted by molar-refractivity contribution is 9.10. The lowest BCUT2D eigenvalue weighted by Crippen LogP contribution is -2.32. The number of anilines is 1. The molecule has 0 spiro atoms. The van der Waals surface area contributed by atoms with E-state index in [0.29, 0.717) is 12.6 Å². The molecule has 0 atom stereocenters. The second-order valence-electron chi connectivity index (χ2n) is 4.96. The first-order valence-electron chi connectivity index (χ1n) is 6.53. The number of likely N-dealkylation sites (N-methyl/N-ethyl adjacent to an activating group) is 2. The Morgan fingerprint density at radius 2 is 2.21 bits per heavy atom. The maximum atomic E-state index is 11.4. The number of benzene rings is 1. The fourth-order valence-corrected chi connectivity index (χ4v) is 2.35. The summed E-state index contributed by atoms with van der Waals surface area (Å²) in [5.74, 6) is 0.0121. The van der Waals surface area contributed by atoms with Crippen LogP contribution >= 0.6 is 15.9 Å². The number of carbonyl (C=O) groups excluding carboxylic acids is 1. The number of nitrogens with one attached hydrogen (secondary N) is 2. The average Bonchev–Trinajstić information content (AvgIpc) is 3.21. The van der Waals surface area contributed by atoms with Crippen molar-refractivity contribution in [2.24, 2.45) is 0 Å². The minimum absolute atomic E-state index is 0.0121. The number of nitrogens with zero attached hydrogens (tertiary/aromatic N) is 1. The summed E-state index contributed by atoms with van der Waals surface area (Å²) in [7, 11) is 3.57. The number of amides is 1. The summed E-state index contributed by atoms with van der Waals surface area (Å²) < 4.78 is 1.09. The Labute approximate surface area is 122 Å². The molecule has 4 nitrogen and oxygen atoms in total. The molecule has 0 aromatic heterocycles. The predicted octanol–water partition coefficient (Wildman–Crippen LogP) is 1.88. The van der Waals surface area contributed by atoms with Crippen LogP contribution in [0, 0.1) is 0 Å². The lowest BCUT2D eigenvalue weighted by molar-refractivity contribution is -0.119. The summed E-state index contributed by atoms with van der Waals surface area (Å²) in [6.07, 6.45) is 2.59. The molecule has 0 unspecified atom stereocenters. The van der Waals surface area contributed by atoms with Crippen LogP contribution in [-0.4, -0.2) is 32.6 Å². The van der Waals surface area contributed by atoms with Gasteiger partial charge in [-0.05, 0) is 30.5 Å². The minimum atomic E-state index is 0.0121. The van der Waals surface area contributed by atoms with Gasteiger partial charge in [-0.1, -0.05) is 22.0 Å². The van der Waals surface area contributed by atoms with Gasteiger partial charge in [-0.15, -0.1) is 0 Å². The van der Waals surface area contributed by atoms with Crippen molar-refractivity contribution in [3.8, 4) is 0 Å². The first kappa shape index (κ1) is 14.3. The molecule has 1 aliphatic rings. The SMILES string of the molecule is CNC(=O)CN(C)c1ccc(CNC2CC2)c(Br)c1. The largest absolute Gasteiger partial charge is 0.365 e. The molecule has 0 radical (unpaired) electrons. The van der Waals surface area contributed by atoms with Gasteiger partial charge in [0, 0.05) is 36.8 Å². The van der Waals surface area contributed by atoms with E-state index in [0.717, 1.165) is 16.7 Å². The molecule has 1 aromatic rings. The average molecular weight is 326 g/mol. The number of carbonyl (C=O) groups is 1. The maximum Gasteiger partial charge on any atom is 0.239 e. The molecule has 2 rings (SSSR count). The van der Waals surface area contributed by atoms with Gasteiger partial charge in [0.25, 0.3) is 0 Å². The van der Waals surface area contributed by atoms with Crippen LogP contribution in [-0.2, 0) is 11.3 Å². The number of halogens is 1. The van der Waals surface area contributed by atoms with Crippen LogP contribution in [0.5, 0.6) is 0 Å². The highest BCUT2D eigenvalue weighted by Gasteiger charge is 2.20. The van der Waals surface area contributed by atoms with Gasteiger partial charge in [0.15, 0.2) is 0 Å². The van der Waals surface area contributed by atoms with Gasteiger partial charge in [0.05, 0.1) is 6.54 Å². The summed E-state index contributed by atoms with van der Waals surface area (Å²) >= 11 is 3.60. The van der Waals surface area contributed by atoms with Crippen molar-refractivity contribution in [1.82, 2.24) is 10.6 Å². The standard InChI is InChI=1S/C14H20BrN3O/c1-16-14(19)9-18(2)12-6-3-10(13(15)7-12)8-17-11-4-5-11/h3,6-7,11,17H,4-5,8-9H2,1-2H3,(H,16,19). The Morgan fingerprint density at radius 1 is 1.47 bits per heavy atom. The molecule has 2 N–H and O–H groups in total. The number of hydrogen-bond donors (Lipinski definition) is 2. The lowest BCUT2D eigenvalue weighted by Gasteiger charge is -2.19. The van der Waals surface area contributed by atoms with Crippen LogP contribution in [0.15, 0.2) is 22.7 Å². The third-order valence-corrected chi connectivity index (χ3v) is 4.03. The molecule has 19 heavy (non-hydrogen) atoms. The topological polar surface area (TPSA) is 44.4 Å². The van der Waals surface area contributed by atoms with Crippen molar-refractivity contribution < 1.29 is 4.79 Å². The van der Waals surface area contributed by atoms with Crippen molar-refractivity contribution >= 4 is 27.5 Å². The zero-order valence-electron chi connectivity index (χ0n) is 11.4. The van der Waals surface area contributed by atoms with Crippen LogP contribution in [0.1, 0.15) is 18.4 Å². The Balaban J connectivity index is 1.98. The Kier molecular flexibility index (Phi) is 4.82. The maximum absolute atomic E-state index is 11.4. The van der Waals surface area contributed by atoms with Gasteiger partial charge >= 0.3 is 0 Å². The molecular weight excluding hydrogens is 306 g/mol. The molecule has 0 bridgehead atoms. The number of rotatable bonds is 6. The van der Waals surface area contributed by atoms with E-state index in [1.54, 1.807) is 7.05 Å². The first-order chi connectivity index (χ1) is 9.10. The zero-order chi connectivity index (χ0) is 13.8. The molecule has 1 amide bonds. The van der Waals surface area contributed by atoms with E-state index < -0.39 is 0 Å². The van der Waals surface area contributed by atoms with E-state index in [-0.39, 0.29) is 5.91 Å². The normalized spacial score (nSPS) is 14.3. The second kappa shape index (κ2) is 6.39. The van der Waals surface area contributed by atoms with Crippen LogP contribution in [0.4, 0.5) is 5.69 Å². The van der Waals surface area contributed by atoms with E-state index in [9.17, 15) is 4.79 Å². The smallest absolute Gasteiger partial charge is 0.239 e. The Hall–Kier alpha value is -1.07. The van der Waals surface area contributed by atoms with Crippen LogP contribution in [0.2, 0.25) is 0 Å². The van der Waals surface area contributed by atoms with Gasteiger partial charge in [-0.2, -0.15) is 0 Å². The molecule has 1 aliphatic carbocycles. The van der Waals surface area contributed by atoms with E-state index in [1.165, 1.54) is 18.4 Å².